The van der Waals surface area contributed by atoms with Gasteiger partial charge in [0.25, 0.3) is 5.91 Å². The molecule has 6 heteroatoms. The van der Waals surface area contributed by atoms with Gasteiger partial charge in [-0.3, -0.25) is 9.59 Å². The van der Waals surface area contributed by atoms with Crippen LogP contribution in [0.3, 0.4) is 0 Å². The minimum atomic E-state index is -0.0135. The van der Waals surface area contributed by atoms with E-state index >= 15 is 0 Å². The smallest absolute Gasteiger partial charge is 0.253 e. The highest BCUT2D eigenvalue weighted by Gasteiger charge is 2.31. The van der Waals surface area contributed by atoms with Crippen LogP contribution in [0, 0.1) is 11.8 Å². The van der Waals surface area contributed by atoms with Gasteiger partial charge < -0.3 is 19.8 Å². The SMILES string of the molecule is CN(C)C[C@H]1C[C@H](CO)CN(C(=O)c2cccc(N3CCCC3=O)c2)C1. The maximum absolute atomic E-state index is 13.1. The minimum absolute atomic E-state index is 0.0135. The van der Waals surface area contributed by atoms with Crippen LogP contribution < -0.4 is 4.90 Å². The van der Waals surface area contributed by atoms with Crippen LogP contribution in [-0.4, -0.2) is 73.6 Å². The van der Waals surface area contributed by atoms with Crippen LogP contribution in [0.1, 0.15) is 29.6 Å². The number of hydrogen-bond donors (Lipinski definition) is 1. The normalized spacial score (nSPS) is 23.8. The lowest BCUT2D eigenvalue weighted by atomic mass is 9.89. The first-order valence-electron chi connectivity index (χ1n) is 9.43. The van der Waals surface area contributed by atoms with Gasteiger partial charge in [-0.15, -0.1) is 0 Å². The number of rotatable bonds is 5. The molecule has 2 saturated heterocycles. The van der Waals surface area contributed by atoms with Crippen molar-refractivity contribution in [1.82, 2.24) is 9.80 Å². The highest BCUT2D eigenvalue weighted by atomic mass is 16.3. The molecule has 0 aromatic heterocycles. The Labute approximate surface area is 155 Å². The Balaban J connectivity index is 1.76. The van der Waals surface area contributed by atoms with E-state index in [1.807, 2.05) is 43.3 Å². The van der Waals surface area contributed by atoms with Gasteiger partial charge >= 0.3 is 0 Å². The molecule has 2 heterocycles. The lowest BCUT2D eigenvalue weighted by Crippen LogP contribution is -2.47. The lowest BCUT2D eigenvalue weighted by Gasteiger charge is -2.38. The molecule has 26 heavy (non-hydrogen) atoms. The second-order valence-corrected chi connectivity index (χ2v) is 7.82. The molecule has 0 radical (unpaired) electrons. The molecule has 2 aliphatic rings. The number of carbonyl (C=O) groups excluding carboxylic acids is 2. The number of nitrogens with zero attached hydrogens (tertiary/aromatic N) is 3. The Morgan fingerprint density at radius 1 is 1.27 bits per heavy atom. The first-order valence-corrected chi connectivity index (χ1v) is 9.43. The minimum Gasteiger partial charge on any atom is -0.396 e. The third-order valence-corrected chi connectivity index (χ3v) is 5.27. The topological polar surface area (TPSA) is 64.1 Å². The first kappa shape index (κ1) is 18.9. The third kappa shape index (κ3) is 4.24. The summed E-state index contributed by atoms with van der Waals surface area (Å²) in [6.45, 7) is 3.03. The second kappa shape index (κ2) is 8.18. The standard InChI is InChI=1S/C20H29N3O3/c1-21(2)11-15-9-16(14-24)13-22(12-15)20(26)17-5-3-6-18(10-17)23-8-4-7-19(23)25/h3,5-6,10,15-16,24H,4,7-9,11-14H2,1-2H3/t15-,16+/m1/s1. The summed E-state index contributed by atoms with van der Waals surface area (Å²) in [4.78, 5) is 30.8. The van der Waals surface area contributed by atoms with E-state index in [9.17, 15) is 14.7 Å². The van der Waals surface area contributed by atoms with Crippen molar-refractivity contribution < 1.29 is 14.7 Å². The molecule has 1 N–H and O–H groups in total. The zero-order valence-corrected chi connectivity index (χ0v) is 15.7. The summed E-state index contributed by atoms with van der Waals surface area (Å²) in [6, 6.07) is 7.38. The fourth-order valence-corrected chi connectivity index (χ4v) is 4.18. The molecule has 0 bridgehead atoms. The number of amides is 2. The van der Waals surface area contributed by atoms with Crippen molar-refractivity contribution in [2.45, 2.75) is 19.3 Å². The van der Waals surface area contributed by atoms with Crippen molar-refractivity contribution in [3.8, 4) is 0 Å². The van der Waals surface area contributed by atoms with E-state index in [1.165, 1.54) is 0 Å². The van der Waals surface area contributed by atoms with Gasteiger partial charge in [0, 0.05) is 50.5 Å². The Morgan fingerprint density at radius 3 is 2.69 bits per heavy atom. The fourth-order valence-electron chi connectivity index (χ4n) is 4.18. The van der Waals surface area contributed by atoms with E-state index in [0.717, 1.165) is 31.6 Å². The maximum Gasteiger partial charge on any atom is 0.253 e. The number of carbonyl (C=O) groups is 2. The molecule has 2 aliphatic heterocycles. The van der Waals surface area contributed by atoms with Crippen LogP contribution in [0.2, 0.25) is 0 Å². The van der Waals surface area contributed by atoms with Gasteiger partial charge in [0.2, 0.25) is 5.91 Å². The van der Waals surface area contributed by atoms with Gasteiger partial charge in [-0.25, -0.2) is 0 Å². The van der Waals surface area contributed by atoms with Gasteiger partial charge in [0.15, 0.2) is 0 Å². The summed E-state index contributed by atoms with van der Waals surface area (Å²) in [5, 5.41) is 9.63. The average Bonchev–Trinajstić information content (AvgIpc) is 3.06. The molecule has 142 valence electrons. The molecule has 0 unspecified atom stereocenters. The fraction of sp³-hybridized carbons (Fsp3) is 0.600. The van der Waals surface area contributed by atoms with Crippen molar-refractivity contribution in [2.24, 2.45) is 11.8 Å². The lowest BCUT2D eigenvalue weighted by molar-refractivity contribution is -0.117. The molecule has 0 spiro atoms. The Morgan fingerprint density at radius 2 is 2.04 bits per heavy atom. The van der Waals surface area contributed by atoms with Gasteiger partial charge in [0.1, 0.15) is 0 Å². The molecule has 0 saturated carbocycles. The predicted octanol–water partition coefficient (Wildman–Crippen LogP) is 1.45. The van der Waals surface area contributed by atoms with Crippen molar-refractivity contribution in [3.05, 3.63) is 29.8 Å². The van der Waals surface area contributed by atoms with Crippen LogP contribution in [0.15, 0.2) is 24.3 Å². The Bertz CT molecular complexity index is 661. The third-order valence-electron chi connectivity index (χ3n) is 5.27. The quantitative estimate of drug-likeness (QED) is 0.864. The van der Waals surface area contributed by atoms with Gasteiger partial charge in [-0.1, -0.05) is 6.07 Å². The highest BCUT2D eigenvalue weighted by molar-refractivity contribution is 5.99. The number of likely N-dealkylation sites (tertiary alicyclic amines) is 1. The molecule has 0 aliphatic carbocycles. The number of aliphatic hydroxyl groups is 1. The Hall–Kier alpha value is -1.92. The highest BCUT2D eigenvalue weighted by Crippen LogP contribution is 2.26. The van der Waals surface area contributed by atoms with E-state index < -0.39 is 0 Å². The average molecular weight is 359 g/mol. The molecule has 1 aromatic rings. The molecule has 2 amide bonds. The predicted molar refractivity (Wildman–Crippen MR) is 101 cm³/mol. The summed E-state index contributed by atoms with van der Waals surface area (Å²) in [7, 11) is 4.07. The van der Waals surface area contributed by atoms with Crippen molar-refractivity contribution >= 4 is 17.5 Å². The van der Waals surface area contributed by atoms with Crippen molar-refractivity contribution in [1.29, 1.82) is 0 Å². The van der Waals surface area contributed by atoms with Crippen molar-refractivity contribution in [2.75, 3.05) is 51.8 Å². The van der Waals surface area contributed by atoms with Gasteiger partial charge in [-0.05, 0) is 57.0 Å². The summed E-state index contributed by atoms with van der Waals surface area (Å²) >= 11 is 0. The summed E-state index contributed by atoms with van der Waals surface area (Å²) in [5.41, 5.74) is 1.42. The van der Waals surface area contributed by atoms with E-state index in [2.05, 4.69) is 4.90 Å². The summed E-state index contributed by atoms with van der Waals surface area (Å²) in [6.07, 6.45) is 2.39. The summed E-state index contributed by atoms with van der Waals surface area (Å²) < 4.78 is 0. The largest absolute Gasteiger partial charge is 0.396 e. The van der Waals surface area contributed by atoms with Crippen LogP contribution in [0.4, 0.5) is 5.69 Å². The molecule has 6 nitrogen and oxygen atoms in total. The van der Waals surface area contributed by atoms with E-state index in [1.54, 1.807) is 4.90 Å². The van der Waals surface area contributed by atoms with Gasteiger partial charge in [0.05, 0.1) is 0 Å². The molecule has 2 fully saturated rings. The van der Waals surface area contributed by atoms with Crippen molar-refractivity contribution in [3.63, 3.8) is 0 Å². The molecular formula is C20H29N3O3. The number of aliphatic hydroxyl groups excluding tert-OH is 1. The van der Waals surface area contributed by atoms with Crippen LogP contribution in [0.25, 0.3) is 0 Å². The van der Waals surface area contributed by atoms with Crippen LogP contribution in [-0.2, 0) is 4.79 Å². The van der Waals surface area contributed by atoms with Gasteiger partial charge in [-0.2, -0.15) is 0 Å². The van der Waals surface area contributed by atoms with E-state index in [-0.39, 0.29) is 24.3 Å². The molecular weight excluding hydrogens is 330 g/mol. The van der Waals surface area contributed by atoms with E-state index in [4.69, 9.17) is 0 Å². The first-order chi connectivity index (χ1) is 12.5. The monoisotopic (exact) mass is 359 g/mol. The number of piperidine rings is 1. The van der Waals surface area contributed by atoms with Crippen LogP contribution in [0.5, 0.6) is 0 Å². The summed E-state index contributed by atoms with van der Waals surface area (Å²) in [5.74, 6) is 0.601. The number of hydrogen-bond acceptors (Lipinski definition) is 4. The van der Waals surface area contributed by atoms with Crippen LogP contribution >= 0.6 is 0 Å². The zero-order valence-electron chi connectivity index (χ0n) is 15.7. The Kier molecular flexibility index (Phi) is 5.94. The zero-order chi connectivity index (χ0) is 18.7. The maximum atomic E-state index is 13.1. The number of benzene rings is 1. The molecule has 2 atom stereocenters. The molecule has 1 aromatic carbocycles. The number of anilines is 1. The molecule has 3 rings (SSSR count). The second-order valence-electron chi connectivity index (χ2n) is 7.82. The van der Waals surface area contributed by atoms with E-state index in [0.29, 0.717) is 31.0 Å².